The second-order valence-corrected chi connectivity index (χ2v) is 6.57. The van der Waals surface area contributed by atoms with Gasteiger partial charge < -0.3 is 4.74 Å². The topological polar surface area (TPSA) is 9.23 Å². The lowest BCUT2D eigenvalue weighted by atomic mass is 9.87. The Bertz CT molecular complexity index is 579. The number of benzene rings is 2. The maximum Gasteiger partial charge on any atom is 0.119 e. The summed E-state index contributed by atoms with van der Waals surface area (Å²) in [6, 6.07) is 14.3. The standard InChI is InChI=1S/C18H21ClO/c1-13-5-6-14(17(19)11-13)12-20-16-9-7-15(8-10-16)18(2,3)4/h5-11H,12H2,1-4H3. The smallest absolute Gasteiger partial charge is 0.119 e. The van der Waals surface area contributed by atoms with Gasteiger partial charge in [-0.05, 0) is 41.7 Å². The fourth-order valence-corrected chi connectivity index (χ4v) is 2.27. The maximum absolute atomic E-state index is 6.20. The van der Waals surface area contributed by atoms with Gasteiger partial charge in [-0.1, -0.05) is 56.6 Å². The summed E-state index contributed by atoms with van der Waals surface area (Å²) in [5, 5.41) is 0.760. The van der Waals surface area contributed by atoms with E-state index in [-0.39, 0.29) is 5.41 Å². The van der Waals surface area contributed by atoms with E-state index in [2.05, 4.69) is 32.9 Å². The van der Waals surface area contributed by atoms with Crippen molar-refractivity contribution in [2.45, 2.75) is 39.7 Å². The average molecular weight is 289 g/mol. The predicted molar refractivity (Wildman–Crippen MR) is 85.7 cm³/mol. The van der Waals surface area contributed by atoms with E-state index in [1.54, 1.807) is 0 Å². The fraction of sp³-hybridized carbons (Fsp3) is 0.333. The molecule has 2 aromatic carbocycles. The van der Waals surface area contributed by atoms with E-state index in [4.69, 9.17) is 16.3 Å². The molecule has 0 bridgehead atoms. The molecule has 106 valence electrons. The van der Waals surface area contributed by atoms with Crippen molar-refractivity contribution in [1.82, 2.24) is 0 Å². The Kier molecular flexibility index (Phi) is 4.39. The first-order chi connectivity index (χ1) is 9.36. The Hall–Kier alpha value is -1.47. The van der Waals surface area contributed by atoms with Gasteiger partial charge >= 0.3 is 0 Å². The Balaban J connectivity index is 2.04. The molecule has 2 heteroatoms. The van der Waals surface area contributed by atoms with Gasteiger partial charge in [0.2, 0.25) is 0 Å². The Morgan fingerprint density at radius 2 is 1.65 bits per heavy atom. The fourth-order valence-electron chi connectivity index (χ4n) is 1.98. The number of aryl methyl sites for hydroxylation is 1. The molecule has 0 N–H and O–H groups in total. The molecule has 0 heterocycles. The zero-order valence-electron chi connectivity index (χ0n) is 12.5. The summed E-state index contributed by atoms with van der Waals surface area (Å²) in [6.07, 6.45) is 0. The molecule has 1 nitrogen and oxygen atoms in total. The van der Waals surface area contributed by atoms with Crippen LogP contribution in [0.2, 0.25) is 5.02 Å². The minimum Gasteiger partial charge on any atom is -0.489 e. The van der Waals surface area contributed by atoms with Crippen molar-refractivity contribution >= 4 is 11.6 Å². The summed E-state index contributed by atoms with van der Waals surface area (Å²) < 4.78 is 5.80. The third kappa shape index (κ3) is 3.77. The normalized spacial score (nSPS) is 11.4. The van der Waals surface area contributed by atoms with E-state index in [0.717, 1.165) is 21.9 Å². The zero-order valence-corrected chi connectivity index (χ0v) is 13.3. The molecule has 0 saturated heterocycles. The first kappa shape index (κ1) is 14.9. The van der Waals surface area contributed by atoms with Crippen LogP contribution in [0.1, 0.15) is 37.5 Å². The molecular weight excluding hydrogens is 268 g/mol. The first-order valence-corrected chi connectivity index (χ1v) is 7.22. The highest BCUT2D eigenvalue weighted by atomic mass is 35.5. The van der Waals surface area contributed by atoms with Crippen molar-refractivity contribution in [3.05, 3.63) is 64.2 Å². The minimum absolute atomic E-state index is 0.165. The van der Waals surface area contributed by atoms with Crippen LogP contribution in [0.5, 0.6) is 5.75 Å². The monoisotopic (exact) mass is 288 g/mol. The van der Waals surface area contributed by atoms with Gasteiger partial charge in [0.05, 0.1) is 0 Å². The minimum atomic E-state index is 0.165. The number of ether oxygens (including phenoxy) is 1. The molecule has 0 amide bonds. The van der Waals surface area contributed by atoms with Crippen LogP contribution in [0, 0.1) is 6.92 Å². The van der Waals surface area contributed by atoms with E-state index >= 15 is 0 Å². The summed E-state index contributed by atoms with van der Waals surface area (Å²) in [4.78, 5) is 0. The van der Waals surface area contributed by atoms with Crippen molar-refractivity contribution in [2.24, 2.45) is 0 Å². The molecule has 0 unspecified atom stereocenters. The van der Waals surface area contributed by atoms with Gasteiger partial charge in [0.1, 0.15) is 12.4 Å². The Labute approximate surface area is 126 Å². The van der Waals surface area contributed by atoms with Crippen LogP contribution in [-0.4, -0.2) is 0 Å². The van der Waals surface area contributed by atoms with E-state index in [1.807, 2.05) is 37.3 Å². The zero-order chi connectivity index (χ0) is 14.8. The van der Waals surface area contributed by atoms with Gasteiger partial charge in [-0.15, -0.1) is 0 Å². The van der Waals surface area contributed by atoms with Crippen LogP contribution >= 0.6 is 11.6 Å². The third-order valence-electron chi connectivity index (χ3n) is 3.32. The van der Waals surface area contributed by atoms with Crippen LogP contribution in [0.15, 0.2) is 42.5 Å². The highest BCUT2D eigenvalue weighted by molar-refractivity contribution is 6.31. The van der Waals surface area contributed by atoms with Crippen LogP contribution in [-0.2, 0) is 12.0 Å². The van der Waals surface area contributed by atoms with Gasteiger partial charge in [-0.25, -0.2) is 0 Å². The highest BCUT2D eigenvalue weighted by Crippen LogP contribution is 2.25. The summed E-state index contributed by atoms with van der Waals surface area (Å²) in [7, 11) is 0. The van der Waals surface area contributed by atoms with Gasteiger partial charge in [-0.3, -0.25) is 0 Å². The maximum atomic E-state index is 6.20. The van der Waals surface area contributed by atoms with E-state index in [1.165, 1.54) is 5.56 Å². The van der Waals surface area contributed by atoms with E-state index in [0.29, 0.717) is 6.61 Å². The molecule has 0 fully saturated rings. The first-order valence-electron chi connectivity index (χ1n) is 6.84. The molecule has 0 saturated carbocycles. The Morgan fingerprint density at radius 3 is 2.20 bits per heavy atom. The van der Waals surface area contributed by atoms with E-state index < -0.39 is 0 Å². The van der Waals surface area contributed by atoms with Crippen molar-refractivity contribution in [1.29, 1.82) is 0 Å². The van der Waals surface area contributed by atoms with Crippen molar-refractivity contribution in [3.63, 3.8) is 0 Å². The average Bonchev–Trinajstić information content (AvgIpc) is 2.37. The highest BCUT2D eigenvalue weighted by Gasteiger charge is 2.13. The molecular formula is C18H21ClO. The largest absolute Gasteiger partial charge is 0.489 e. The van der Waals surface area contributed by atoms with E-state index in [9.17, 15) is 0 Å². The van der Waals surface area contributed by atoms with Crippen LogP contribution in [0.25, 0.3) is 0 Å². The lowest BCUT2D eigenvalue weighted by Crippen LogP contribution is -2.10. The molecule has 0 aromatic heterocycles. The van der Waals surface area contributed by atoms with Gasteiger partial charge in [-0.2, -0.15) is 0 Å². The second kappa shape index (κ2) is 5.88. The molecule has 0 aliphatic heterocycles. The summed E-state index contributed by atoms with van der Waals surface area (Å²) in [6.45, 7) is 9.13. The van der Waals surface area contributed by atoms with Gasteiger partial charge in [0.25, 0.3) is 0 Å². The molecule has 2 aromatic rings. The molecule has 0 spiro atoms. The Morgan fingerprint density at radius 1 is 1.00 bits per heavy atom. The predicted octanol–water partition coefficient (Wildman–Crippen LogP) is 5.52. The summed E-state index contributed by atoms with van der Waals surface area (Å²) in [5.74, 6) is 0.870. The third-order valence-corrected chi connectivity index (χ3v) is 3.68. The van der Waals surface area contributed by atoms with Crippen LogP contribution in [0.4, 0.5) is 0 Å². The van der Waals surface area contributed by atoms with Crippen LogP contribution < -0.4 is 4.74 Å². The lowest BCUT2D eigenvalue weighted by molar-refractivity contribution is 0.306. The van der Waals surface area contributed by atoms with Gasteiger partial charge in [0.15, 0.2) is 0 Å². The lowest BCUT2D eigenvalue weighted by Gasteiger charge is -2.19. The van der Waals surface area contributed by atoms with Crippen molar-refractivity contribution < 1.29 is 4.74 Å². The molecule has 0 aliphatic rings. The SMILES string of the molecule is Cc1ccc(COc2ccc(C(C)(C)C)cc2)c(Cl)c1. The molecule has 0 aliphatic carbocycles. The number of hydrogen-bond donors (Lipinski definition) is 0. The van der Waals surface area contributed by atoms with Crippen LogP contribution in [0.3, 0.4) is 0 Å². The summed E-state index contributed by atoms with van der Waals surface area (Å²) >= 11 is 6.20. The summed E-state index contributed by atoms with van der Waals surface area (Å²) in [5.41, 5.74) is 3.64. The number of rotatable bonds is 3. The molecule has 0 radical (unpaired) electrons. The van der Waals surface area contributed by atoms with Crippen molar-refractivity contribution in [2.75, 3.05) is 0 Å². The number of hydrogen-bond acceptors (Lipinski definition) is 1. The van der Waals surface area contributed by atoms with Crippen molar-refractivity contribution in [3.8, 4) is 5.75 Å². The quantitative estimate of drug-likeness (QED) is 0.722. The van der Waals surface area contributed by atoms with Gasteiger partial charge in [0, 0.05) is 10.6 Å². The molecule has 2 rings (SSSR count). The molecule has 0 atom stereocenters. The number of halogens is 1. The molecule has 20 heavy (non-hydrogen) atoms. The second-order valence-electron chi connectivity index (χ2n) is 6.16.